The first-order valence-electron chi connectivity index (χ1n) is 10.9. The van der Waals surface area contributed by atoms with E-state index in [1.807, 2.05) is 6.33 Å². The molecule has 5 rings (SSSR count). The van der Waals surface area contributed by atoms with Crippen molar-refractivity contribution in [3.63, 3.8) is 0 Å². The molecule has 168 valence electrons. The van der Waals surface area contributed by atoms with E-state index in [9.17, 15) is 0 Å². The lowest BCUT2D eigenvalue weighted by Gasteiger charge is -2.43. The number of fused-ring (bicyclic) bond motifs is 2. The minimum absolute atomic E-state index is 0.0740. The van der Waals surface area contributed by atoms with Crippen LogP contribution in [0.25, 0.3) is 11.2 Å². The second kappa shape index (κ2) is 7.80. The Labute approximate surface area is 192 Å². The van der Waals surface area contributed by atoms with Crippen molar-refractivity contribution < 1.29 is 9.05 Å². The summed E-state index contributed by atoms with van der Waals surface area (Å²) in [4.78, 5) is 12.8. The minimum Gasteiger partial charge on any atom is -0.382 e. The summed E-state index contributed by atoms with van der Waals surface area (Å²) in [5, 5.41) is 0. The van der Waals surface area contributed by atoms with Crippen LogP contribution in [0.1, 0.15) is 52.5 Å². The molecular formula is C21H30N5O2PS2. The predicted molar refractivity (Wildman–Crippen MR) is 129 cm³/mol. The van der Waals surface area contributed by atoms with Gasteiger partial charge in [-0.1, -0.05) is 30.5 Å². The molecule has 3 fully saturated rings. The molecule has 0 amide bonds. The number of nitrogens with zero attached hydrogens (tertiary/aromatic N) is 4. The van der Waals surface area contributed by atoms with E-state index in [1.165, 1.54) is 18.3 Å². The van der Waals surface area contributed by atoms with Gasteiger partial charge < -0.3 is 19.3 Å². The third kappa shape index (κ3) is 3.76. The van der Waals surface area contributed by atoms with Crippen LogP contribution in [0.5, 0.6) is 0 Å². The highest BCUT2D eigenvalue weighted by atomic mass is 32.9. The van der Waals surface area contributed by atoms with Gasteiger partial charge in [-0.2, -0.15) is 0 Å². The molecule has 7 atom stereocenters. The zero-order valence-electron chi connectivity index (χ0n) is 18.2. The Bertz CT molecular complexity index is 1080. The van der Waals surface area contributed by atoms with E-state index in [2.05, 4.69) is 46.9 Å². The summed E-state index contributed by atoms with van der Waals surface area (Å²) in [6.45, 7) is 11.5. The van der Waals surface area contributed by atoms with Crippen LogP contribution in [-0.2, 0) is 20.9 Å². The molecule has 2 aromatic heterocycles. The molecule has 0 bridgehead atoms. The van der Waals surface area contributed by atoms with E-state index in [0.29, 0.717) is 41.7 Å². The van der Waals surface area contributed by atoms with E-state index in [1.54, 1.807) is 11.4 Å². The van der Waals surface area contributed by atoms with Crippen molar-refractivity contribution in [2.75, 3.05) is 12.3 Å². The highest BCUT2D eigenvalue weighted by Gasteiger charge is 2.53. The quantitative estimate of drug-likeness (QED) is 0.467. The first-order chi connectivity index (χ1) is 14.7. The molecule has 2 saturated carbocycles. The van der Waals surface area contributed by atoms with Gasteiger partial charge in [-0.3, -0.25) is 0 Å². The third-order valence-corrected chi connectivity index (χ3v) is 13.4. The molecule has 1 aliphatic heterocycles. The van der Waals surface area contributed by atoms with Crippen LogP contribution in [0.3, 0.4) is 0 Å². The largest absolute Gasteiger partial charge is 0.382 e. The average molecular weight is 480 g/mol. The second-order valence-corrected chi connectivity index (χ2v) is 16.2. The summed E-state index contributed by atoms with van der Waals surface area (Å²) in [5.41, 5.74) is 6.34. The van der Waals surface area contributed by atoms with E-state index in [-0.39, 0.29) is 10.9 Å². The smallest absolute Gasteiger partial charge is 0.248 e. The second-order valence-electron chi connectivity index (χ2n) is 9.56. The number of allylic oxidation sites excluding steroid dienone is 1. The lowest BCUT2D eigenvalue weighted by atomic mass is 9.70. The van der Waals surface area contributed by atoms with Crippen molar-refractivity contribution >= 4 is 45.9 Å². The standard InChI is InChI=1S/C21H30N5O2PS2/c1-12(2)14-5-6-21(4)17(8-14)28-29(30,31-21)27-9-15-7-16(13(15)3)26-11-25-18-19(22)23-10-24-20(18)26/h10-11,13-17H,1,5-9H2,2-4H3,(H2,22,23,24)/t13-,14-,15-,16-,17+,21+,29?/m1/s1. The van der Waals surface area contributed by atoms with Gasteiger partial charge >= 0.3 is 0 Å². The van der Waals surface area contributed by atoms with Gasteiger partial charge in [0, 0.05) is 10.8 Å². The molecule has 31 heavy (non-hydrogen) atoms. The highest BCUT2D eigenvalue weighted by Crippen LogP contribution is 2.75. The Balaban J connectivity index is 1.21. The van der Waals surface area contributed by atoms with Crippen molar-refractivity contribution in [2.45, 2.75) is 63.3 Å². The fraction of sp³-hybridized carbons (Fsp3) is 0.667. The number of nitrogens with two attached hydrogens (primary N) is 1. The molecule has 0 aromatic carbocycles. The molecule has 2 N–H and O–H groups in total. The maximum atomic E-state index is 6.44. The fourth-order valence-electron chi connectivity index (χ4n) is 5.19. The summed E-state index contributed by atoms with van der Waals surface area (Å²) < 4.78 is 15.0. The summed E-state index contributed by atoms with van der Waals surface area (Å²) >= 11 is 7.73. The van der Waals surface area contributed by atoms with Crippen LogP contribution in [0.15, 0.2) is 24.8 Å². The van der Waals surface area contributed by atoms with E-state index in [4.69, 9.17) is 26.6 Å². The molecule has 7 nitrogen and oxygen atoms in total. The van der Waals surface area contributed by atoms with Crippen molar-refractivity contribution in [3.05, 3.63) is 24.8 Å². The number of hydrogen-bond acceptors (Lipinski definition) is 8. The van der Waals surface area contributed by atoms with Gasteiger partial charge in [0.2, 0.25) is 5.69 Å². The number of rotatable bonds is 5. The Kier molecular flexibility index (Phi) is 5.50. The van der Waals surface area contributed by atoms with Gasteiger partial charge in [-0.25, -0.2) is 15.0 Å². The Morgan fingerprint density at radius 3 is 3.00 bits per heavy atom. The first-order valence-corrected chi connectivity index (χ1v) is 15.0. The van der Waals surface area contributed by atoms with Crippen molar-refractivity contribution in [1.29, 1.82) is 0 Å². The lowest BCUT2D eigenvalue weighted by molar-refractivity contribution is 0.0465. The van der Waals surface area contributed by atoms with Gasteiger partial charge in [0.15, 0.2) is 11.5 Å². The minimum atomic E-state index is -2.32. The van der Waals surface area contributed by atoms with Gasteiger partial charge in [0.25, 0.3) is 0 Å². The van der Waals surface area contributed by atoms with Gasteiger partial charge in [-0.15, -0.1) is 0 Å². The summed E-state index contributed by atoms with van der Waals surface area (Å²) in [7, 11) is 0. The first kappa shape index (κ1) is 21.8. The normalized spacial score (nSPS) is 39.9. The van der Waals surface area contributed by atoms with Crippen LogP contribution in [0.4, 0.5) is 5.82 Å². The molecule has 3 heterocycles. The number of imidazole rings is 1. The average Bonchev–Trinajstić information content (AvgIpc) is 3.24. The fourth-order valence-corrected chi connectivity index (χ4v) is 12.4. The molecule has 0 spiro atoms. The van der Waals surface area contributed by atoms with Gasteiger partial charge in [0.1, 0.15) is 11.8 Å². The summed E-state index contributed by atoms with van der Waals surface area (Å²) in [6.07, 6.45) is 7.81. The molecule has 1 unspecified atom stereocenters. The predicted octanol–water partition coefficient (Wildman–Crippen LogP) is 5.11. The number of hydrogen-bond donors (Lipinski definition) is 1. The maximum absolute atomic E-state index is 6.44. The third-order valence-electron chi connectivity index (χ3n) is 7.53. The molecule has 2 aromatic rings. The Hall–Kier alpha value is -0.990. The molecular weight excluding hydrogens is 449 g/mol. The maximum Gasteiger partial charge on any atom is 0.248 e. The lowest BCUT2D eigenvalue weighted by Crippen LogP contribution is -2.39. The molecule has 2 aliphatic carbocycles. The van der Waals surface area contributed by atoms with Crippen LogP contribution in [0.2, 0.25) is 0 Å². The molecule has 0 radical (unpaired) electrons. The van der Waals surface area contributed by atoms with Crippen LogP contribution in [0, 0.1) is 17.8 Å². The van der Waals surface area contributed by atoms with Crippen LogP contribution in [-0.4, -0.2) is 37.0 Å². The van der Waals surface area contributed by atoms with E-state index in [0.717, 1.165) is 24.9 Å². The van der Waals surface area contributed by atoms with Gasteiger partial charge in [-0.05, 0) is 69.1 Å². The van der Waals surface area contributed by atoms with Crippen molar-refractivity contribution in [1.82, 2.24) is 19.5 Å². The van der Waals surface area contributed by atoms with Crippen molar-refractivity contribution in [3.8, 4) is 0 Å². The molecule has 10 heteroatoms. The van der Waals surface area contributed by atoms with E-state index >= 15 is 0 Å². The number of anilines is 1. The zero-order chi connectivity index (χ0) is 22.0. The monoisotopic (exact) mass is 479 g/mol. The Morgan fingerprint density at radius 1 is 1.45 bits per heavy atom. The Morgan fingerprint density at radius 2 is 2.26 bits per heavy atom. The number of aromatic nitrogens is 4. The molecule has 3 aliphatic rings. The SMILES string of the molecule is C=C(C)[C@@H]1CC[C@]2(C)SP(=S)(OC[C@H]3C[C@@H](n4cnc5c(N)ncnc54)[C@@H]3C)O[C@H]2C1. The van der Waals surface area contributed by atoms with E-state index < -0.39 is 5.69 Å². The summed E-state index contributed by atoms with van der Waals surface area (Å²) in [6, 6.07) is 0.334. The molecule has 1 saturated heterocycles. The highest BCUT2D eigenvalue weighted by molar-refractivity contribution is 8.68. The van der Waals surface area contributed by atoms with Crippen molar-refractivity contribution in [2.24, 2.45) is 17.8 Å². The summed E-state index contributed by atoms with van der Waals surface area (Å²) in [5.74, 6) is 1.85. The topological polar surface area (TPSA) is 88.1 Å². The van der Waals surface area contributed by atoms with Gasteiger partial charge in [0.05, 0.1) is 19.0 Å². The van der Waals surface area contributed by atoms with Crippen LogP contribution >= 0.6 is 17.1 Å². The van der Waals surface area contributed by atoms with Crippen LogP contribution < -0.4 is 5.73 Å². The number of nitrogen functional groups attached to an aromatic ring is 1. The zero-order valence-corrected chi connectivity index (χ0v) is 20.8.